The summed E-state index contributed by atoms with van der Waals surface area (Å²) in [6.45, 7) is 0. The number of nitrogens with zero attached hydrogens (tertiary/aromatic N) is 1. The Morgan fingerprint density at radius 2 is 1.54 bits per heavy atom. The Morgan fingerprint density at radius 1 is 1.04 bits per heavy atom. The van der Waals surface area contributed by atoms with Crippen molar-refractivity contribution in [2.45, 2.75) is 12.4 Å². The molecule has 2 rings (SSSR count). The molecule has 10 heteroatoms. The second-order valence-corrected chi connectivity index (χ2v) is 5.57. The summed E-state index contributed by atoms with van der Waals surface area (Å²) in [5.41, 5.74) is -3.66. The number of hydrogen-bond acceptors (Lipinski definition) is 2. The molecule has 0 aliphatic heterocycles. The Balaban J connectivity index is 2.69. The normalized spacial score (nSPS) is 12.3. The van der Waals surface area contributed by atoms with Gasteiger partial charge in [-0.15, -0.1) is 0 Å². The van der Waals surface area contributed by atoms with E-state index in [1.54, 1.807) is 0 Å². The molecule has 0 atom stereocenters. The third-order valence-corrected chi connectivity index (χ3v) is 3.60. The van der Waals surface area contributed by atoms with Gasteiger partial charge in [0.05, 0.1) is 21.8 Å². The van der Waals surface area contributed by atoms with E-state index in [0.29, 0.717) is 18.2 Å². The topological polar surface area (TPSA) is 31.2 Å². The molecule has 1 heterocycles. The molecule has 3 nitrogen and oxygen atoms in total. The minimum absolute atomic E-state index is 0.0734. The summed E-state index contributed by atoms with van der Waals surface area (Å²) in [7, 11) is 1.28. The number of rotatable bonds is 2. The highest BCUT2D eigenvalue weighted by Crippen LogP contribution is 2.46. The van der Waals surface area contributed by atoms with Crippen molar-refractivity contribution in [1.29, 1.82) is 0 Å². The van der Waals surface area contributed by atoms with Gasteiger partial charge in [-0.1, -0.05) is 6.07 Å². The molecule has 0 bridgehead atoms. The van der Waals surface area contributed by atoms with Gasteiger partial charge in [-0.3, -0.25) is 4.79 Å². The number of benzene rings is 1. The molecule has 0 N–H and O–H groups in total. The molecule has 0 spiro atoms. The monoisotopic (exact) mass is 415 g/mol. The lowest BCUT2D eigenvalue weighted by Crippen LogP contribution is -2.16. The van der Waals surface area contributed by atoms with Crippen LogP contribution in [0.25, 0.3) is 0 Å². The quantitative estimate of drug-likeness (QED) is 0.647. The highest BCUT2D eigenvalue weighted by molar-refractivity contribution is 9.10. The third kappa shape index (κ3) is 3.74. The molecule has 0 aliphatic carbocycles. The average molecular weight is 416 g/mol. The van der Waals surface area contributed by atoms with Crippen LogP contribution in [-0.2, 0) is 19.4 Å². The van der Waals surface area contributed by atoms with Gasteiger partial charge in [0.15, 0.2) is 11.5 Å². The molecule has 1 aromatic heterocycles. The van der Waals surface area contributed by atoms with Gasteiger partial charge in [0.25, 0.3) is 5.56 Å². The van der Waals surface area contributed by atoms with E-state index in [2.05, 4.69) is 15.9 Å². The fraction of sp³-hybridized carbons (Fsp3) is 0.214. The maximum Gasteiger partial charge on any atom is 0.420 e. The van der Waals surface area contributed by atoms with Crippen molar-refractivity contribution in [3.8, 4) is 11.5 Å². The van der Waals surface area contributed by atoms with E-state index in [9.17, 15) is 31.1 Å². The van der Waals surface area contributed by atoms with Crippen LogP contribution in [0.4, 0.5) is 26.3 Å². The number of alkyl halides is 6. The van der Waals surface area contributed by atoms with Gasteiger partial charge < -0.3 is 9.30 Å². The van der Waals surface area contributed by atoms with E-state index in [1.807, 2.05) is 0 Å². The predicted octanol–water partition coefficient (Wildman–Crippen LogP) is 4.98. The van der Waals surface area contributed by atoms with E-state index in [0.717, 1.165) is 16.8 Å². The second-order valence-electron chi connectivity index (χ2n) is 4.71. The summed E-state index contributed by atoms with van der Waals surface area (Å²) in [6.07, 6.45) is -9.12. The van der Waals surface area contributed by atoms with Crippen molar-refractivity contribution >= 4 is 15.9 Å². The minimum atomic E-state index is -5.05. The standard InChI is InChI=1S/C14H8BrF6NO2/c1-22-6-10(9(15)5-11(22)23)24-12-7(13(16,17)18)3-2-4-8(12)14(19,20)21/h2-6H,1H3. The Hall–Kier alpha value is -1.97. The lowest BCUT2D eigenvalue weighted by molar-refractivity contribution is -0.144. The zero-order chi connectivity index (χ0) is 18.3. The summed E-state index contributed by atoms with van der Waals surface area (Å²) < 4.78 is 84.1. The van der Waals surface area contributed by atoms with Crippen LogP contribution in [0.3, 0.4) is 0 Å². The summed E-state index contributed by atoms with van der Waals surface area (Å²) in [4.78, 5) is 11.4. The van der Waals surface area contributed by atoms with E-state index in [1.165, 1.54) is 7.05 Å². The van der Waals surface area contributed by atoms with E-state index >= 15 is 0 Å². The number of hydrogen-bond donors (Lipinski definition) is 0. The maximum absolute atomic E-state index is 13.0. The minimum Gasteiger partial charge on any atom is -0.453 e. The first-order valence-corrected chi connectivity index (χ1v) is 7.02. The van der Waals surface area contributed by atoms with E-state index < -0.39 is 34.8 Å². The maximum atomic E-state index is 13.0. The second kappa shape index (κ2) is 6.15. The molecule has 0 amide bonds. The highest BCUT2D eigenvalue weighted by Gasteiger charge is 2.42. The Bertz CT molecular complexity index is 793. The Labute approximate surface area is 139 Å². The van der Waals surface area contributed by atoms with Gasteiger partial charge >= 0.3 is 12.4 Å². The summed E-state index contributed by atoms with van der Waals surface area (Å²) in [6, 6.07) is 2.59. The van der Waals surface area contributed by atoms with Crippen LogP contribution in [0.15, 0.2) is 39.7 Å². The summed E-state index contributed by atoms with van der Waals surface area (Å²) >= 11 is 2.89. The van der Waals surface area contributed by atoms with E-state index in [4.69, 9.17) is 4.74 Å². The van der Waals surface area contributed by atoms with Gasteiger partial charge in [0, 0.05) is 13.1 Å². The van der Waals surface area contributed by atoms with Crippen LogP contribution >= 0.6 is 15.9 Å². The molecule has 1 aromatic carbocycles. The van der Waals surface area contributed by atoms with Crippen molar-refractivity contribution in [2.24, 2.45) is 7.05 Å². The molecule has 0 unspecified atom stereocenters. The van der Waals surface area contributed by atoms with Gasteiger partial charge in [-0.25, -0.2) is 0 Å². The largest absolute Gasteiger partial charge is 0.453 e. The van der Waals surface area contributed by atoms with Gasteiger partial charge in [0.1, 0.15) is 0 Å². The molecular formula is C14H8BrF6NO2. The molecule has 0 saturated carbocycles. The fourth-order valence-electron chi connectivity index (χ4n) is 1.86. The summed E-state index contributed by atoms with van der Waals surface area (Å²) in [5.74, 6) is -1.74. The van der Waals surface area contributed by atoms with Crippen LogP contribution < -0.4 is 10.3 Å². The number of para-hydroxylation sites is 1. The lowest BCUT2D eigenvalue weighted by Gasteiger charge is -2.19. The number of halogens is 7. The molecule has 0 aliphatic rings. The first-order valence-electron chi connectivity index (χ1n) is 6.22. The van der Waals surface area contributed by atoms with Crippen molar-refractivity contribution in [1.82, 2.24) is 4.57 Å². The number of aryl methyl sites for hydroxylation is 1. The summed E-state index contributed by atoms with van der Waals surface area (Å²) in [5, 5.41) is 0. The first kappa shape index (κ1) is 18.4. The van der Waals surface area contributed by atoms with Crippen molar-refractivity contribution < 1.29 is 31.1 Å². The zero-order valence-electron chi connectivity index (χ0n) is 11.8. The number of pyridine rings is 1. The smallest absolute Gasteiger partial charge is 0.420 e. The van der Waals surface area contributed by atoms with Gasteiger partial charge in [0.2, 0.25) is 0 Å². The molecule has 0 saturated heterocycles. The first-order chi connectivity index (χ1) is 10.9. The van der Waals surface area contributed by atoms with Crippen molar-refractivity contribution in [3.05, 3.63) is 56.4 Å². The third-order valence-electron chi connectivity index (χ3n) is 2.98. The van der Waals surface area contributed by atoms with Crippen LogP contribution in [0.2, 0.25) is 0 Å². The lowest BCUT2D eigenvalue weighted by atomic mass is 10.1. The van der Waals surface area contributed by atoms with Crippen molar-refractivity contribution in [2.75, 3.05) is 0 Å². The van der Waals surface area contributed by atoms with Crippen LogP contribution in [-0.4, -0.2) is 4.57 Å². The van der Waals surface area contributed by atoms with Gasteiger partial charge in [-0.2, -0.15) is 26.3 Å². The zero-order valence-corrected chi connectivity index (χ0v) is 13.4. The van der Waals surface area contributed by atoms with Gasteiger partial charge in [-0.05, 0) is 28.1 Å². The molecule has 0 fully saturated rings. The predicted molar refractivity (Wildman–Crippen MR) is 75.9 cm³/mol. The van der Waals surface area contributed by atoms with Crippen molar-refractivity contribution in [3.63, 3.8) is 0 Å². The van der Waals surface area contributed by atoms with E-state index in [-0.39, 0.29) is 10.2 Å². The van der Waals surface area contributed by atoms with Crippen LogP contribution in [0, 0.1) is 0 Å². The molecule has 24 heavy (non-hydrogen) atoms. The average Bonchev–Trinajstić information content (AvgIpc) is 2.42. The number of ether oxygens (including phenoxy) is 1. The molecular weight excluding hydrogens is 408 g/mol. The number of aromatic nitrogens is 1. The highest BCUT2D eigenvalue weighted by atomic mass is 79.9. The Kier molecular flexibility index (Phi) is 4.71. The van der Waals surface area contributed by atoms with Crippen LogP contribution in [0.1, 0.15) is 11.1 Å². The fourth-order valence-corrected chi connectivity index (χ4v) is 2.24. The molecule has 130 valence electrons. The SMILES string of the molecule is Cn1cc(Oc2c(C(F)(F)F)cccc2C(F)(F)F)c(Br)cc1=O. The Morgan fingerprint density at radius 3 is 2.00 bits per heavy atom. The van der Waals surface area contributed by atoms with Crippen LogP contribution in [0.5, 0.6) is 11.5 Å². The molecule has 0 radical (unpaired) electrons. The molecule has 2 aromatic rings.